The number of hydrogen-bond acceptors (Lipinski definition) is 3. The predicted molar refractivity (Wildman–Crippen MR) is 77.4 cm³/mol. The lowest BCUT2D eigenvalue weighted by molar-refractivity contribution is -0.0310. The van der Waals surface area contributed by atoms with E-state index in [2.05, 4.69) is 6.92 Å². The van der Waals surface area contributed by atoms with Crippen LogP contribution in [-0.2, 0) is 9.47 Å². The molecule has 1 aliphatic heterocycles. The first-order valence-electron chi connectivity index (χ1n) is 6.95. The topological polar surface area (TPSA) is 44.5 Å². The van der Waals surface area contributed by atoms with Crippen molar-refractivity contribution >= 4 is 11.6 Å². The Labute approximate surface area is 120 Å². The first-order valence-corrected chi connectivity index (χ1v) is 7.32. The molecule has 1 aliphatic rings. The maximum Gasteiger partial charge on any atom is 0.0977 e. The van der Waals surface area contributed by atoms with E-state index < -0.39 is 0 Å². The van der Waals surface area contributed by atoms with Gasteiger partial charge >= 0.3 is 0 Å². The molecule has 1 fully saturated rings. The van der Waals surface area contributed by atoms with E-state index in [1.807, 2.05) is 24.3 Å². The van der Waals surface area contributed by atoms with Crippen LogP contribution in [0, 0.1) is 0 Å². The van der Waals surface area contributed by atoms with Gasteiger partial charge in [0.15, 0.2) is 0 Å². The summed E-state index contributed by atoms with van der Waals surface area (Å²) in [4.78, 5) is 0. The molecule has 1 aromatic carbocycles. The van der Waals surface area contributed by atoms with E-state index in [4.69, 9.17) is 26.8 Å². The van der Waals surface area contributed by atoms with Gasteiger partial charge in [-0.1, -0.05) is 30.7 Å². The first-order chi connectivity index (χ1) is 9.20. The Hall–Kier alpha value is -0.610. The maximum absolute atomic E-state index is 6.18. The van der Waals surface area contributed by atoms with Gasteiger partial charge in [0.1, 0.15) is 0 Å². The standard InChI is InChI=1S/C15H22ClNO2/c1-2-14(17)15(11-5-3-6-12(16)9-11)19-10-13-7-4-8-18-13/h3,5-6,9,13-15H,2,4,7-8,10,17H2,1H3. The molecule has 2 N–H and O–H groups in total. The van der Waals surface area contributed by atoms with Gasteiger partial charge in [0.2, 0.25) is 0 Å². The molecule has 0 aliphatic carbocycles. The molecule has 0 saturated carbocycles. The largest absolute Gasteiger partial charge is 0.376 e. The predicted octanol–water partition coefficient (Wildman–Crippen LogP) is 3.31. The Bertz CT molecular complexity index is 393. The molecule has 0 spiro atoms. The molecule has 0 radical (unpaired) electrons. The van der Waals surface area contributed by atoms with Crippen LogP contribution >= 0.6 is 11.6 Å². The molecular weight excluding hydrogens is 262 g/mol. The van der Waals surface area contributed by atoms with Gasteiger partial charge in [-0.25, -0.2) is 0 Å². The van der Waals surface area contributed by atoms with Gasteiger partial charge in [-0.15, -0.1) is 0 Å². The van der Waals surface area contributed by atoms with Crippen LogP contribution in [0.2, 0.25) is 5.02 Å². The van der Waals surface area contributed by atoms with Crippen molar-refractivity contribution in [2.24, 2.45) is 5.73 Å². The molecule has 1 aromatic rings. The van der Waals surface area contributed by atoms with E-state index in [1.165, 1.54) is 0 Å². The lowest BCUT2D eigenvalue weighted by Gasteiger charge is -2.25. The smallest absolute Gasteiger partial charge is 0.0977 e. The summed E-state index contributed by atoms with van der Waals surface area (Å²) < 4.78 is 11.6. The number of ether oxygens (including phenoxy) is 2. The van der Waals surface area contributed by atoms with Crippen LogP contribution in [0.25, 0.3) is 0 Å². The molecule has 4 heteroatoms. The molecule has 0 aromatic heterocycles. The molecule has 19 heavy (non-hydrogen) atoms. The van der Waals surface area contributed by atoms with Gasteiger partial charge in [-0.2, -0.15) is 0 Å². The summed E-state index contributed by atoms with van der Waals surface area (Å²) in [5, 5.41) is 0.714. The fourth-order valence-corrected chi connectivity index (χ4v) is 2.55. The highest BCUT2D eigenvalue weighted by molar-refractivity contribution is 6.30. The maximum atomic E-state index is 6.18. The van der Waals surface area contributed by atoms with Gasteiger partial charge in [0.05, 0.1) is 18.8 Å². The van der Waals surface area contributed by atoms with Crippen molar-refractivity contribution < 1.29 is 9.47 Å². The quantitative estimate of drug-likeness (QED) is 0.871. The summed E-state index contributed by atoms with van der Waals surface area (Å²) in [5.74, 6) is 0. The summed E-state index contributed by atoms with van der Waals surface area (Å²) in [6.45, 7) is 3.51. The number of halogens is 1. The molecule has 3 nitrogen and oxygen atoms in total. The second-order valence-electron chi connectivity index (χ2n) is 5.02. The van der Waals surface area contributed by atoms with Gasteiger partial charge in [0.25, 0.3) is 0 Å². The number of benzene rings is 1. The Morgan fingerprint density at radius 3 is 3.00 bits per heavy atom. The third kappa shape index (κ3) is 4.18. The lowest BCUT2D eigenvalue weighted by atomic mass is 10.0. The monoisotopic (exact) mass is 283 g/mol. The summed E-state index contributed by atoms with van der Waals surface area (Å²) in [7, 11) is 0. The highest BCUT2D eigenvalue weighted by Crippen LogP contribution is 2.26. The third-order valence-corrected chi connectivity index (χ3v) is 3.76. The van der Waals surface area contributed by atoms with E-state index in [9.17, 15) is 0 Å². The second-order valence-corrected chi connectivity index (χ2v) is 5.45. The zero-order valence-electron chi connectivity index (χ0n) is 11.3. The van der Waals surface area contributed by atoms with Crippen LogP contribution in [0.5, 0.6) is 0 Å². The molecule has 0 bridgehead atoms. The summed E-state index contributed by atoms with van der Waals surface area (Å²) in [6.07, 6.45) is 3.15. The van der Waals surface area contributed by atoms with Crippen LogP contribution in [0.1, 0.15) is 37.9 Å². The van der Waals surface area contributed by atoms with E-state index in [-0.39, 0.29) is 18.2 Å². The van der Waals surface area contributed by atoms with Crippen molar-refractivity contribution in [3.05, 3.63) is 34.9 Å². The second kappa shape index (κ2) is 7.25. The average molecular weight is 284 g/mol. The van der Waals surface area contributed by atoms with E-state index in [1.54, 1.807) is 0 Å². The van der Waals surface area contributed by atoms with E-state index >= 15 is 0 Å². The molecule has 1 saturated heterocycles. The Morgan fingerprint density at radius 2 is 2.37 bits per heavy atom. The third-order valence-electron chi connectivity index (χ3n) is 3.52. The minimum Gasteiger partial charge on any atom is -0.376 e. The Balaban J connectivity index is 2.02. The van der Waals surface area contributed by atoms with Gasteiger partial charge in [-0.05, 0) is 37.0 Å². The number of hydrogen-bond donors (Lipinski definition) is 1. The van der Waals surface area contributed by atoms with Crippen LogP contribution < -0.4 is 5.73 Å². The fraction of sp³-hybridized carbons (Fsp3) is 0.600. The number of rotatable bonds is 6. The van der Waals surface area contributed by atoms with Crippen LogP contribution in [-0.4, -0.2) is 25.4 Å². The zero-order valence-corrected chi connectivity index (χ0v) is 12.1. The SMILES string of the molecule is CCC(N)C(OCC1CCCO1)c1cccc(Cl)c1. The Kier molecular flexibility index (Phi) is 5.64. The molecule has 2 rings (SSSR count). The lowest BCUT2D eigenvalue weighted by Crippen LogP contribution is -2.31. The summed E-state index contributed by atoms with van der Waals surface area (Å²) in [5.41, 5.74) is 7.22. The van der Waals surface area contributed by atoms with Gasteiger partial charge in [0, 0.05) is 17.7 Å². The highest BCUT2D eigenvalue weighted by atomic mass is 35.5. The molecule has 3 unspecified atom stereocenters. The van der Waals surface area contributed by atoms with Crippen LogP contribution in [0.3, 0.4) is 0 Å². The summed E-state index contributed by atoms with van der Waals surface area (Å²) >= 11 is 6.04. The molecular formula is C15H22ClNO2. The van der Waals surface area contributed by atoms with Crippen molar-refractivity contribution in [1.29, 1.82) is 0 Å². The Morgan fingerprint density at radius 1 is 1.53 bits per heavy atom. The van der Waals surface area contributed by atoms with E-state index in [0.717, 1.165) is 31.4 Å². The normalized spacial score (nSPS) is 22.4. The minimum absolute atomic E-state index is 0.0279. The van der Waals surface area contributed by atoms with E-state index in [0.29, 0.717) is 11.6 Å². The molecule has 106 valence electrons. The van der Waals surface area contributed by atoms with Crippen molar-refractivity contribution in [3.63, 3.8) is 0 Å². The van der Waals surface area contributed by atoms with Gasteiger partial charge in [-0.3, -0.25) is 0 Å². The van der Waals surface area contributed by atoms with Crippen molar-refractivity contribution in [2.75, 3.05) is 13.2 Å². The highest BCUT2D eigenvalue weighted by Gasteiger charge is 2.23. The fourth-order valence-electron chi connectivity index (χ4n) is 2.35. The zero-order chi connectivity index (χ0) is 13.7. The average Bonchev–Trinajstić information content (AvgIpc) is 2.92. The summed E-state index contributed by atoms with van der Waals surface area (Å²) in [6, 6.07) is 7.71. The van der Waals surface area contributed by atoms with Crippen LogP contribution in [0.15, 0.2) is 24.3 Å². The molecule has 1 heterocycles. The minimum atomic E-state index is -0.118. The van der Waals surface area contributed by atoms with Crippen molar-refractivity contribution in [2.45, 2.75) is 44.4 Å². The van der Waals surface area contributed by atoms with Crippen molar-refractivity contribution in [3.8, 4) is 0 Å². The molecule has 3 atom stereocenters. The number of nitrogens with two attached hydrogens (primary N) is 1. The van der Waals surface area contributed by atoms with Crippen molar-refractivity contribution in [1.82, 2.24) is 0 Å². The van der Waals surface area contributed by atoms with Crippen LogP contribution in [0.4, 0.5) is 0 Å². The first kappa shape index (κ1) is 14.8. The van der Waals surface area contributed by atoms with Gasteiger partial charge < -0.3 is 15.2 Å². The molecule has 0 amide bonds.